The minimum Gasteiger partial charge on any atom is -0.345 e. The summed E-state index contributed by atoms with van der Waals surface area (Å²) in [7, 11) is 0. The highest BCUT2D eigenvalue weighted by Gasteiger charge is 2.42. The van der Waals surface area contributed by atoms with Crippen LogP contribution in [0.5, 0.6) is 0 Å². The van der Waals surface area contributed by atoms with E-state index >= 15 is 0 Å². The van der Waals surface area contributed by atoms with Crippen LogP contribution in [0.2, 0.25) is 0 Å². The summed E-state index contributed by atoms with van der Waals surface area (Å²) in [6.45, 7) is 1.39. The molecule has 5 heterocycles. The number of anilines is 3. The van der Waals surface area contributed by atoms with Crippen molar-refractivity contribution in [2.45, 2.75) is 75.8 Å². The Morgan fingerprint density at radius 2 is 0.938 bits per heavy atom. The van der Waals surface area contributed by atoms with Gasteiger partial charge in [-0.15, -0.1) is 5.06 Å². The average molecular weight is 694 g/mol. The third-order valence-electron chi connectivity index (χ3n) is 8.64. The Hall–Kier alpha value is -4.46. The highest BCUT2D eigenvalue weighted by atomic mass is 19.4. The number of amides is 4. The third-order valence-corrected chi connectivity index (χ3v) is 8.64. The first-order chi connectivity index (χ1) is 22.6. The lowest BCUT2D eigenvalue weighted by Gasteiger charge is -2.36. The number of carbonyl (C=O) groups excluding carboxylic acids is 5. The highest BCUT2D eigenvalue weighted by Crippen LogP contribution is 2.28. The Balaban J connectivity index is 1.27. The smallest absolute Gasteiger partial charge is 0.345 e. The second-order valence-corrected chi connectivity index (χ2v) is 12.0. The number of imide groups is 1. The maximum Gasteiger partial charge on any atom is 0.471 e. The van der Waals surface area contributed by atoms with E-state index < -0.39 is 60.0 Å². The number of hydrogen-bond acceptors (Lipinski definition) is 12. The molecule has 0 atom stereocenters. The molecule has 0 aromatic carbocycles. The number of rotatable bonds is 7. The minimum absolute atomic E-state index is 0.0334. The SMILES string of the molecule is O=C(ON1C(=O)CCC1=O)C1CCN(c2nc(N3CCC(NC(=O)C(F)(F)F)CC3)nc(N3CCC(NC(=O)C(F)(F)F)CC3)n2)CC1. The molecule has 1 aromatic rings. The number of carbonyl (C=O) groups is 5. The van der Waals surface area contributed by atoms with Crippen LogP contribution in [0.15, 0.2) is 0 Å². The number of hydroxylamine groups is 2. The van der Waals surface area contributed by atoms with E-state index in [1.54, 1.807) is 14.7 Å². The molecular formula is C27H33F6N9O6. The minimum atomic E-state index is -5.01. The number of aromatic nitrogens is 3. The van der Waals surface area contributed by atoms with Gasteiger partial charge in [0.05, 0.1) is 5.92 Å². The van der Waals surface area contributed by atoms with Gasteiger partial charge in [-0.3, -0.25) is 19.2 Å². The van der Waals surface area contributed by atoms with Gasteiger partial charge in [0.1, 0.15) is 0 Å². The van der Waals surface area contributed by atoms with E-state index in [0.29, 0.717) is 5.06 Å². The van der Waals surface area contributed by atoms with Crippen LogP contribution in [0.25, 0.3) is 0 Å². The number of nitrogens with zero attached hydrogens (tertiary/aromatic N) is 7. The Kier molecular flexibility index (Phi) is 10.1. The summed E-state index contributed by atoms with van der Waals surface area (Å²) in [6, 6.07) is -1.43. The quantitative estimate of drug-likeness (QED) is 0.307. The van der Waals surface area contributed by atoms with Gasteiger partial charge in [-0.25, -0.2) is 4.79 Å². The molecule has 0 spiro atoms. The average Bonchev–Trinajstić information content (AvgIpc) is 3.36. The van der Waals surface area contributed by atoms with Gasteiger partial charge in [0.25, 0.3) is 11.8 Å². The molecule has 4 fully saturated rings. The summed E-state index contributed by atoms with van der Waals surface area (Å²) in [6.07, 6.45) is -8.81. The third kappa shape index (κ3) is 8.33. The monoisotopic (exact) mass is 693 g/mol. The van der Waals surface area contributed by atoms with Gasteiger partial charge in [0.15, 0.2) is 0 Å². The van der Waals surface area contributed by atoms with Gasteiger partial charge in [-0.2, -0.15) is 41.3 Å². The molecule has 264 valence electrons. The summed E-state index contributed by atoms with van der Waals surface area (Å²) in [5.41, 5.74) is 0. The fraction of sp³-hybridized carbons (Fsp3) is 0.704. The molecule has 0 radical (unpaired) electrons. The van der Waals surface area contributed by atoms with Gasteiger partial charge in [-0.05, 0) is 38.5 Å². The van der Waals surface area contributed by atoms with Gasteiger partial charge in [0.2, 0.25) is 17.8 Å². The fourth-order valence-electron chi connectivity index (χ4n) is 5.89. The first kappa shape index (κ1) is 34.9. The van der Waals surface area contributed by atoms with Gasteiger partial charge in [0, 0.05) is 64.2 Å². The van der Waals surface area contributed by atoms with Crippen LogP contribution < -0.4 is 25.3 Å². The number of halogens is 6. The molecule has 4 saturated heterocycles. The lowest BCUT2D eigenvalue weighted by atomic mass is 9.97. The zero-order valence-corrected chi connectivity index (χ0v) is 25.5. The molecule has 1 aromatic heterocycles. The van der Waals surface area contributed by atoms with Crippen LogP contribution in [-0.2, 0) is 28.8 Å². The zero-order chi connectivity index (χ0) is 34.8. The first-order valence-corrected chi connectivity index (χ1v) is 15.4. The Morgan fingerprint density at radius 1 is 0.604 bits per heavy atom. The topological polar surface area (TPSA) is 170 Å². The Morgan fingerprint density at radius 3 is 1.27 bits per heavy atom. The summed E-state index contributed by atoms with van der Waals surface area (Å²) in [4.78, 5) is 83.2. The molecule has 48 heavy (non-hydrogen) atoms. The van der Waals surface area contributed by atoms with Crippen molar-refractivity contribution < 1.29 is 55.2 Å². The molecule has 2 N–H and O–H groups in total. The molecule has 5 rings (SSSR count). The van der Waals surface area contributed by atoms with Crippen LogP contribution in [0.3, 0.4) is 0 Å². The van der Waals surface area contributed by atoms with E-state index in [-0.39, 0.29) is 108 Å². The van der Waals surface area contributed by atoms with Crippen molar-refractivity contribution in [3.05, 3.63) is 0 Å². The van der Waals surface area contributed by atoms with Crippen molar-refractivity contribution in [3.63, 3.8) is 0 Å². The van der Waals surface area contributed by atoms with Crippen LogP contribution in [-0.4, -0.2) is 113 Å². The summed E-state index contributed by atoms with van der Waals surface area (Å²) < 4.78 is 76.4. The van der Waals surface area contributed by atoms with Crippen molar-refractivity contribution >= 4 is 47.4 Å². The molecule has 4 amide bonds. The van der Waals surface area contributed by atoms with Gasteiger partial charge in [-0.1, -0.05) is 0 Å². The first-order valence-electron chi connectivity index (χ1n) is 15.4. The predicted octanol–water partition coefficient (Wildman–Crippen LogP) is 0.990. The maximum atomic E-state index is 12.7. The van der Waals surface area contributed by atoms with Crippen molar-refractivity contribution in [2.24, 2.45) is 5.92 Å². The molecular weight excluding hydrogens is 660 g/mol. The molecule has 0 aliphatic carbocycles. The van der Waals surface area contributed by atoms with E-state index in [1.807, 2.05) is 10.6 Å². The predicted molar refractivity (Wildman–Crippen MR) is 151 cm³/mol. The lowest BCUT2D eigenvalue weighted by molar-refractivity contribution is -0.201. The molecule has 0 bridgehead atoms. The Labute approximate surface area is 269 Å². The molecule has 21 heteroatoms. The fourth-order valence-corrected chi connectivity index (χ4v) is 5.89. The van der Waals surface area contributed by atoms with Crippen molar-refractivity contribution in [3.8, 4) is 0 Å². The van der Waals surface area contributed by atoms with E-state index in [9.17, 15) is 50.3 Å². The van der Waals surface area contributed by atoms with Crippen LogP contribution in [0, 0.1) is 5.92 Å². The normalized spacial score (nSPS) is 20.7. The van der Waals surface area contributed by atoms with Crippen LogP contribution >= 0.6 is 0 Å². The molecule has 4 aliphatic heterocycles. The number of hydrogen-bond donors (Lipinski definition) is 2. The number of piperidine rings is 3. The highest BCUT2D eigenvalue weighted by molar-refractivity contribution is 6.01. The van der Waals surface area contributed by atoms with Gasteiger partial charge >= 0.3 is 30.1 Å². The summed E-state index contributed by atoms with van der Waals surface area (Å²) >= 11 is 0. The van der Waals surface area contributed by atoms with Crippen LogP contribution in [0.1, 0.15) is 51.4 Å². The van der Waals surface area contributed by atoms with E-state index in [4.69, 9.17) is 4.84 Å². The summed E-state index contributed by atoms with van der Waals surface area (Å²) in [5, 5.41) is 4.47. The number of nitrogens with one attached hydrogen (secondary N) is 2. The van der Waals surface area contributed by atoms with E-state index in [2.05, 4.69) is 15.0 Å². The van der Waals surface area contributed by atoms with Crippen molar-refractivity contribution in [1.82, 2.24) is 30.6 Å². The van der Waals surface area contributed by atoms with E-state index in [0.717, 1.165) is 0 Å². The molecule has 15 nitrogen and oxygen atoms in total. The lowest BCUT2D eigenvalue weighted by Crippen LogP contribution is -2.49. The second kappa shape index (κ2) is 14.0. The molecule has 4 aliphatic rings. The van der Waals surface area contributed by atoms with Gasteiger partial charge < -0.3 is 30.2 Å². The van der Waals surface area contributed by atoms with Crippen LogP contribution in [0.4, 0.5) is 44.2 Å². The number of alkyl halides is 6. The second-order valence-electron chi connectivity index (χ2n) is 12.0. The largest absolute Gasteiger partial charge is 0.471 e. The van der Waals surface area contributed by atoms with Crippen molar-refractivity contribution in [1.29, 1.82) is 0 Å². The Bertz CT molecular complexity index is 1320. The molecule has 0 unspecified atom stereocenters. The molecule has 0 saturated carbocycles. The van der Waals surface area contributed by atoms with E-state index in [1.165, 1.54) is 0 Å². The maximum absolute atomic E-state index is 12.7. The zero-order valence-electron chi connectivity index (χ0n) is 25.5. The summed E-state index contributed by atoms with van der Waals surface area (Å²) in [5.74, 6) is -5.91. The van der Waals surface area contributed by atoms with Crippen molar-refractivity contribution in [2.75, 3.05) is 54.0 Å². The standard InChI is InChI=1S/C27H33F6N9O6/c28-26(29,30)21(46)34-16-5-11-40(12-6-16)24-36-23(37-25(38-24)41-13-7-17(8-14-41)35-22(47)27(31,32)33)39-9-3-15(4-10-39)20(45)48-42-18(43)1-2-19(42)44/h15-17H,1-14H2,(H,34,46)(H,35,47).